The second kappa shape index (κ2) is 15.2. The van der Waals surface area contributed by atoms with Gasteiger partial charge in [-0.05, 0) is 33.1 Å². The number of allylic oxidation sites excluding steroid dienone is 1. The van der Waals surface area contributed by atoms with Gasteiger partial charge in [-0.25, -0.2) is 9.59 Å². The third kappa shape index (κ3) is 7.44. The molecule has 0 aromatic carbocycles. The third-order valence-electron chi connectivity index (χ3n) is 6.12. The lowest BCUT2D eigenvalue weighted by Gasteiger charge is -2.31. The molecule has 1 saturated heterocycles. The third-order valence-corrected chi connectivity index (χ3v) is 6.12. The molecule has 0 radical (unpaired) electrons. The van der Waals surface area contributed by atoms with E-state index in [1.54, 1.807) is 13.8 Å². The highest BCUT2D eigenvalue weighted by Gasteiger charge is 2.63. The molecule has 1 fully saturated rings. The van der Waals surface area contributed by atoms with Crippen molar-refractivity contribution in [3.8, 4) is 0 Å². The first kappa shape index (κ1) is 27.3. The molecule has 1 N–H and O–H groups in total. The van der Waals surface area contributed by atoms with E-state index in [1.165, 1.54) is 19.3 Å². The van der Waals surface area contributed by atoms with E-state index in [-0.39, 0.29) is 13.2 Å². The average Bonchev–Trinajstić information content (AvgIpc) is 3.08. The smallest absolute Gasteiger partial charge is 0.338 e. The van der Waals surface area contributed by atoms with Crippen LogP contribution in [-0.2, 0) is 23.9 Å². The number of nitrogens with one attached hydrogen (secondary N) is 1. The monoisotopic (exact) mass is 437 g/mol. The lowest BCUT2D eigenvalue weighted by atomic mass is 9.76. The van der Waals surface area contributed by atoms with E-state index < -0.39 is 35.4 Å². The highest BCUT2D eigenvalue weighted by atomic mass is 16.6. The van der Waals surface area contributed by atoms with Gasteiger partial charge in [-0.2, -0.15) is 0 Å². The molecule has 0 aromatic rings. The van der Waals surface area contributed by atoms with Gasteiger partial charge < -0.3 is 14.3 Å². The number of aldehydes is 1. The van der Waals surface area contributed by atoms with Crippen LogP contribution >= 0.6 is 0 Å². The molecule has 0 bridgehead atoms. The summed E-state index contributed by atoms with van der Waals surface area (Å²) in [6.07, 6.45) is 15.1. The summed E-state index contributed by atoms with van der Waals surface area (Å²) in [4.78, 5) is 38.4. The molecule has 31 heavy (non-hydrogen) atoms. The molecule has 1 heterocycles. The Morgan fingerprint density at radius 2 is 1.45 bits per heavy atom. The van der Waals surface area contributed by atoms with Gasteiger partial charge in [-0.3, -0.25) is 5.32 Å². The standard InChI is InChI=1S/C25H43NO5/c1-5-9-11-13-14-16-18-22-20(19-27)21(17-15-12-10-6-2)25(26-22,23(28)30-7-3)24(29)31-8-4/h16,18-22,26H,5-15,17H2,1-4H3/b18-16+/t20-,21-,22-/m1/s1. The van der Waals surface area contributed by atoms with Gasteiger partial charge in [0.15, 0.2) is 0 Å². The Balaban J connectivity index is 3.17. The van der Waals surface area contributed by atoms with Crippen LogP contribution in [0.3, 0.4) is 0 Å². The highest BCUT2D eigenvalue weighted by Crippen LogP contribution is 2.41. The number of ether oxygens (including phenoxy) is 2. The first-order valence-corrected chi connectivity index (χ1v) is 12.3. The fraction of sp³-hybridized carbons (Fsp3) is 0.800. The van der Waals surface area contributed by atoms with Gasteiger partial charge in [0.2, 0.25) is 5.54 Å². The van der Waals surface area contributed by atoms with Crippen molar-refractivity contribution in [3.05, 3.63) is 12.2 Å². The van der Waals surface area contributed by atoms with Gasteiger partial charge in [-0.1, -0.05) is 70.9 Å². The summed E-state index contributed by atoms with van der Waals surface area (Å²) < 4.78 is 10.6. The van der Waals surface area contributed by atoms with Crippen LogP contribution in [0.15, 0.2) is 12.2 Å². The maximum absolute atomic E-state index is 13.1. The Morgan fingerprint density at radius 1 is 0.871 bits per heavy atom. The molecule has 0 aliphatic carbocycles. The van der Waals surface area contributed by atoms with Crippen molar-refractivity contribution in [1.82, 2.24) is 5.32 Å². The van der Waals surface area contributed by atoms with Crippen LogP contribution in [0.2, 0.25) is 0 Å². The zero-order valence-corrected chi connectivity index (χ0v) is 20.0. The normalized spacial score (nSPS) is 22.5. The first-order valence-electron chi connectivity index (χ1n) is 12.3. The van der Waals surface area contributed by atoms with Crippen LogP contribution in [-0.4, -0.2) is 43.0 Å². The largest absolute Gasteiger partial charge is 0.464 e. The van der Waals surface area contributed by atoms with Crippen LogP contribution < -0.4 is 5.32 Å². The molecule has 6 heteroatoms. The second-order valence-electron chi connectivity index (χ2n) is 8.37. The molecule has 0 aromatic heterocycles. The minimum absolute atomic E-state index is 0.161. The topological polar surface area (TPSA) is 81.7 Å². The molecule has 6 nitrogen and oxygen atoms in total. The van der Waals surface area contributed by atoms with Gasteiger partial charge >= 0.3 is 11.9 Å². The molecule has 3 atom stereocenters. The summed E-state index contributed by atoms with van der Waals surface area (Å²) in [5, 5.41) is 3.20. The Kier molecular flexibility index (Phi) is 13.4. The number of esters is 2. The number of carbonyl (C=O) groups is 3. The minimum atomic E-state index is -1.64. The van der Waals surface area contributed by atoms with Gasteiger partial charge in [-0.15, -0.1) is 0 Å². The maximum atomic E-state index is 13.1. The van der Waals surface area contributed by atoms with Gasteiger partial charge in [0.05, 0.1) is 13.2 Å². The van der Waals surface area contributed by atoms with E-state index in [9.17, 15) is 14.4 Å². The number of rotatable bonds is 16. The highest BCUT2D eigenvalue weighted by molar-refractivity contribution is 6.06. The van der Waals surface area contributed by atoms with E-state index in [0.717, 1.165) is 44.8 Å². The van der Waals surface area contributed by atoms with Crippen LogP contribution in [0.1, 0.15) is 91.9 Å². The maximum Gasteiger partial charge on any atom is 0.338 e. The van der Waals surface area contributed by atoms with E-state index >= 15 is 0 Å². The Hall–Kier alpha value is -1.69. The molecule has 0 saturated carbocycles. The van der Waals surface area contributed by atoms with Crippen molar-refractivity contribution in [3.63, 3.8) is 0 Å². The Morgan fingerprint density at radius 3 is 1.97 bits per heavy atom. The summed E-state index contributed by atoms with van der Waals surface area (Å²) in [6, 6.07) is -0.395. The van der Waals surface area contributed by atoms with E-state index in [1.807, 2.05) is 6.08 Å². The molecular formula is C25H43NO5. The van der Waals surface area contributed by atoms with Crippen LogP contribution in [0.25, 0.3) is 0 Å². The predicted octanol–water partition coefficient (Wildman–Crippen LogP) is 4.75. The predicted molar refractivity (Wildman–Crippen MR) is 123 cm³/mol. The number of carbonyl (C=O) groups excluding carboxylic acids is 3. The van der Waals surface area contributed by atoms with Gasteiger partial charge in [0, 0.05) is 17.9 Å². The van der Waals surface area contributed by atoms with Crippen molar-refractivity contribution in [2.24, 2.45) is 11.8 Å². The number of hydrogen-bond acceptors (Lipinski definition) is 6. The summed E-state index contributed by atoms with van der Waals surface area (Å²) in [5.41, 5.74) is -1.64. The van der Waals surface area contributed by atoms with Crippen molar-refractivity contribution in [2.75, 3.05) is 13.2 Å². The lowest BCUT2D eigenvalue weighted by Crippen LogP contribution is -2.61. The fourth-order valence-corrected chi connectivity index (χ4v) is 4.49. The Labute approximate surface area is 188 Å². The van der Waals surface area contributed by atoms with Crippen molar-refractivity contribution >= 4 is 18.2 Å². The quantitative estimate of drug-likeness (QED) is 0.123. The fourth-order valence-electron chi connectivity index (χ4n) is 4.49. The zero-order chi connectivity index (χ0) is 23.1. The average molecular weight is 438 g/mol. The van der Waals surface area contributed by atoms with Gasteiger partial charge in [0.1, 0.15) is 6.29 Å². The van der Waals surface area contributed by atoms with E-state index in [4.69, 9.17) is 9.47 Å². The van der Waals surface area contributed by atoms with Crippen LogP contribution in [0.5, 0.6) is 0 Å². The SMILES string of the molecule is CCCCCC/C=C/[C@H]1NC(C(=O)OCC)(C(=O)OCC)[C@H](CCCCCC)[C@H]1C=O. The summed E-state index contributed by atoms with van der Waals surface area (Å²) in [7, 11) is 0. The van der Waals surface area contributed by atoms with Crippen molar-refractivity contribution in [1.29, 1.82) is 0 Å². The molecule has 0 amide bonds. The second-order valence-corrected chi connectivity index (χ2v) is 8.37. The molecule has 0 spiro atoms. The summed E-state index contributed by atoms with van der Waals surface area (Å²) >= 11 is 0. The van der Waals surface area contributed by atoms with Crippen molar-refractivity contribution < 1.29 is 23.9 Å². The molecule has 1 aliphatic heterocycles. The number of unbranched alkanes of at least 4 members (excludes halogenated alkanes) is 7. The molecular weight excluding hydrogens is 394 g/mol. The molecule has 178 valence electrons. The molecule has 1 aliphatic rings. The van der Waals surface area contributed by atoms with Crippen LogP contribution in [0.4, 0.5) is 0 Å². The zero-order valence-electron chi connectivity index (χ0n) is 20.0. The number of hydrogen-bond donors (Lipinski definition) is 1. The lowest BCUT2D eigenvalue weighted by molar-refractivity contribution is -0.168. The summed E-state index contributed by atoms with van der Waals surface area (Å²) in [6.45, 7) is 8.06. The van der Waals surface area contributed by atoms with Gasteiger partial charge in [0.25, 0.3) is 0 Å². The van der Waals surface area contributed by atoms with Crippen LogP contribution in [0, 0.1) is 11.8 Å². The van der Waals surface area contributed by atoms with Crippen molar-refractivity contribution in [2.45, 2.75) is 103 Å². The molecule has 0 unspecified atom stereocenters. The van der Waals surface area contributed by atoms with E-state index in [2.05, 4.69) is 25.2 Å². The van der Waals surface area contributed by atoms with E-state index in [0.29, 0.717) is 6.42 Å². The molecule has 1 rings (SSSR count). The minimum Gasteiger partial charge on any atom is -0.464 e. The Bertz CT molecular complexity index is 556. The summed E-state index contributed by atoms with van der Waals surface area (Å²) in [5.74, 6) is -2.25. The first-order chi connectivity index (χ1) is 15.0.